The number of benzene rings is 4. The Bertz CT molecular complexity index is 1750. The Balaban J connectivity index is 1.58. The smallest absolute Gasteiger partial charge is 0.264 e. The first kappa shape index (κ1) is 32.6. The van der Waals surface area contributed by atoms with E-state index in [9.17, 15) is 18.0 Å². The molecule has 0 radical (unpaired) electrons. The third-order valence-corrected chi connectivity index (χ3v) is 9.63. The second-order valence-electron chi connectivity index (χ2n) is 11.1. The lowest BCUT2D eigenvalue weighted by atomic mass is 10.0. The molecule has 0 saturated carbocycles. The van der Waals surface area contributed by atoms with Gasteiger partial charge in [0, 0.05) is 25.6 Å². The zero-order chi connectivity index (χ0) is 32.5. The molecule has 0 saturated heterocycles. The average molecular weight is 642 g/mol. The molecule has 0 aliphatic carbocycles. The maximum atomic E-state index is 14.6. The van der Waals surface area contributed by atoms with Crippen LogP contribution in [0.3, 0.4) is 0 Å². The maximum absolute atomic E-state index is 14.6. The molecule has 0 spiro atoms. The predicted octanol–water partition coefficient (Wildman–Crippen LogP) is 5.13. The summed E-state index contributed by atoms with van der Waals surface area (Å²) < 4.78 is 40.9. The van der Waals surface area contributed by atoms with Crippen LogP contribution in [0.2, 0.25) is 0 Å². The first-order valence-electron chi connectivity index (χ1n) is 15.4. The average Bonchev–Trinajstić information content (AvgIpc) is 3.08. The molecular formula is C36H39N3O6S. The lowest BCUT2D eigenvalue weighted by Crippen LogP contribution is -2.53. The third kappa shape index (κ3) is 7.69. The number of aryl methyl sites for hydroxylation is 1. The summed E-state index contributed by atoms with van der Waals surface area (Å²) in [7, 11) is -4.22. The lowest BCUT2D eigenvalue weighted by molar-refractivity contribution is -0.140. The van der Waals surface area contributed by atoms with Crippen molar-refractivity contribution in [1.29, 1.82) is 0 Å². The molecule has 1 aliphatic heterocycles. The van der Waals surface area contributed by atoms with Crippen LogP contribution in [0, 0.1) is 6.92 Å². The van der Waals surface area contributed by atoms with Crippen LogP contribution in [0.25, 0.3) is 0 Å². The van der Waals surface area contributed by atoms with Gasteiger partial charge in [0.2, 0.25) is 11.8 Å². The Morgan fingerprint density at radius 3 is 2.20 bits per heavy atom. The summed E-state index contributed by atoms with van der Waals surface area (Å²) in [6.45, 7) is 4.62. The fraction of sp³-hybridized carbons (Fsp3) is 0.278. The van der Waals surface area contributed by atoms with Gasteiger partial charge in [-0.05, 0) is 54.3 Å². The van der Waals surface area contributed by atoms with Crippen molar-refractivity contribution in [3.8, 4) is 11.5 Å². The summed E-state index contributed by atoms with van der Waals surface area (Å²) in [4.78, 5) is 29.9. The van der Waals surface area contributed by atoms with Crippen molar-refractivity contribution >= 4 is 27.5 Å². The molecule has 9 nitrogen and oxygen atoms in total. The van der Waals surface area contributed by atoms with E-state index in [1.165, 1.54) is 17.0 Å². The number of fused-ring (bicyclic) bond motifs is 1. The second kappa shape index (κ2) is 15.0. The topological polar surface area (TPSA) is 105 Å². The van der Waals surface area contributed by atoms with Gasteiger partial charge in [-0.25, -0.2) is 8.42 Å². The molecular weight excluding hydrogens is 602 g/mol. The Kier molecular flexibility index (Phi) is 10.6. The van der Waals surface area contributed by atoms with Crippen LogP contribution >= 0.6 is 0 Å². The molecule has 2 amide bonds. The molecule has 1 heterocycles. The molecule has 10 heteroatoms. The van der Waals surface area contributed by atoms with Gasteiger partial charge in [-0.15, -0.1) is 0 Å². The van der Waals surface area contributed by atoms with Gasteiger partial charge in [0.1, 0.15) is 25.8 Å². The first-order valence-corrected chi connectivity index (χ1v) is 16.8. The first-order chi connectivity index (χ1) is 22.3. The van der Waals surface area contributed by atoms with Gasteiger partial charge in [-0.2, -0.15) is 0 Å². The number of rotatable bonds is 13. The van der Waals surface area contributed by atoms with Gasteiger partial charge in [-0.3, -0.25) is 13.9 Å². The highest BCUT2D eigenvalue weighted by molar-refractivity contribution is 7.92. The minimum Gasteiger partial charge on any atom is -0.486 e. The standard InChI is InChI=1S/C36H39N3O6S/c1-3-20-37-36(41)32(23-28-13-6-4-7-14-28)38(25-29-15-11-10-12-27(29)2)35(40)26-39(46(42,43)31-16-8-5-9-17-31)30-18-19-33-34(24-30)45-22-21-44-33/h4-19,24,32H,3,20-23,25-26H2,1-2H3,(H,37,41)/t32-/m1/s1. The van der Waals surface area contributed by atoms with E-state index in [-0.39, 0.29) is 29.5 Å². The van der Waals surface area contributed by atoms with E-state index in [0.717, 1.165) is 27.4 Å². The largest absolute Gasteiger partial charge is 0.486 e. The molecule has 0 unspecified atom stereocenters. The van der Waals surface area contributed by atoms with E-state index < -0.39 is 28.5 Å². The molecule has 1 atom stereocenters. The summed E-state index contributed by atoms with van der Waals surface area (Å²) in [5, 5.41) is 2.97. The van der Waals surface area contributed by atoms with Crippen molar-refractivity contribution in [3.63, 3.8) is 0 Å². The molecule has 4 aromatic rings. The predicted molar refractivity (Wildman–Crippen MR) is 177 cm³/mol. The molecule has 46 heavy (non-hydrogen) atoms. The van der Waals surface area contributed by atoms with Crippen molar-refractivity contribution in [2.45, 2.75) is 44.2 Å². The SMILES string of the molecule is CCCNC(=O)[C@@H](Cc1ccccc1)N(Cc1ccccc1C)C(=O)CN(c1ccc2c(c1)OCCO2)S(=O)(=O)c1ccccc1. The number of nitrogens with zero attached hydrogens (tertiary/aromatic N) is 2. The van der Waals surface area contributed by atoms with Crippen LogP contribution in [0.5, 0.6) is 11.5 Å². The number of anilines is 1. The number of sulfonamides is 1. The van der Waals surface area contributed by atoms with E-state index in [0.29, 0.717) is 31.3 Å². The fourth-order valence-corrected chi connectivity index (χ4v) is 6.75. The zero-order valence-corrected chi connectivity index (χ0v) is 26.9. The van der Waals surface area contributed by atoms with Crippen LogP contribution in [0.1, 0.15) is 30.0 Å². The third-order valence-electron chi connectivity index (χ3n) is 7.85. The van der Waals surface area contributed by atoms with Crippen LogP contribution in [-0.4, -0.2) is 57.5 Å². The highest BCUT2D eigenvalue weighted by atomic mass is 32.2. The van der Waals surface area contributed by atoms with E-state index in [1.54, 1.807) is 36.4 Å². The number of nitrogens with one attached hydrogen (secondary N) is 1. The summed E-state index contributed by atoms with van der Waals surface area (Å²) in [6, 6.07) is 29.1. The number of hydrogen-bond donors (Lipinski definition) is 1. The Hall–Kier alpha value is -4.83. The molecule has 4 aromatic carbocycles. The Morgan fingerprint density at radius 2 is 1.50 bits per heavy atom. The van der Waals surface area contributed by atoms with Gasteiger partial charge < -0.3 is 19.7 Å². The van der Waals surface area contributed by atoms with E-state index in [4.69, 9.17) is 9.47 Å². The van der Waals surface area contributed by atoms with Gasteiger partial charge in [0.15, 0.2) is 11.5 Å². The molecule has 1 aliphatic rings. The number of carbonyl (C=O) groups excluding carboxylic acids is 2. The quantitative estimate of drug-likeness (QED) is 0.217. The summed E-state index contributed by atoms with van der Waals surface area (Å²) >= 11 is 0. The van der Waals surface area contributed by atoms with E-state index >= 15 is 0 Å². The molecule has 0 aromatic heterocycles. The Labute approximate surface area is 270 Å². The lowest BCUT2D eigenvalue weighted by Gasteiger charge is -2.34. The highest BCUT2D eigenvalue weighted by Gasteiger charge is 2.35. The molecule has 5 rings (SSSR count). The van der Waals surface area contributed by atoms with Crippen LogP contribution in [0.15, 0.2) is 108 Å². The number of amides is 2. The van der Waals surface area contributed by atoms with Crippen molar-refractivity contribution in [1.82, 2.24) is 10.2 Å². The number of hydrogen-bond acceptors (Lipinski definition) is 6. The Morgan fingerprint density at radius 1 is 0.848 bits per heavy atom. The van der Waals surface area contributed by atoms with E-state index in [2.05, 4.69) is 5.32 Å². The van der Waals surface area contributed by atoms with Gasteiger partial charge in [0.05, 0.1) is 10.6 Å². The maximum Gasteiger partial charge on any atom is 0.264 e. The van der Waals surface area contributed by atoms with Crippen molar-refractivity contribution in [2.75, 3.05) is 30.6 Å². The molecule has 240 valence electrons. The summed E-state index contributed by atoms with van der Waals surface area (Å²) in [5.74, 6) is 0.0619. The van der Waals surface area contributed by atoms with Gasteiger partial charge in [0.25, 0.3) is 10.0 Å². The van der Waals surface area contributed by atoms with Crippen LogP contribution in [-0.2, 0) is 32.6 Å². The fourth-order valence-electron chi connectivity index (χ4n) is 5.33. The zero-order valence-electron chi connectivity index (χ0n) is 26.1. The highest BCUT2D eigenvalue weighted by Crippen LogP contribution is 2.36. The molecule has 0 bridgehead atoms. The van der Waals surface area contributed by atoms with Crippen molar-refractivity contribution in [3.05, 3.63) is 120 Å². The minimum absolute atomic E-state index is 0.0321. The number of ether oxygens (including phenoxy) is 2. The molecule has 1 N–H and O–H groups in total. The number of carbonyl (C=O) groups is 2. The van der Waals surface area contributed by atoms with Gasteiger partial charge >= 0.3 is 0 Å². The van der Waals surface area contributed by atoms with Crippen molar-refractivity contribution < 1.29 is 27.5 Å². The second-order valence-corrected chi connectivity index (χ2v) is 13.0. The normalized spacial score (nSPS) is 13.0. The molecule has 0 fully saturated rings. The van der Waals surface area contributed by atoms with Crippen LogP contribution in [0.4, 0.5) is 5.69 Å². The van der Waals surface area contributed by atoms with E-state index in [1.807, 2.05) is 68.4 Å². The van der Waals surface area contributed by atoms with Crippen LogP contribution < -0.4 is 19.1 Å². The summed E-state index contributed by atoms with van der Waals surface area (Å²) in [6.07, 6.45) is 0.978. The monoisotopic (exact) mass is 641 g/mol. The van der Waals surface area contributed by atoms with Gasteiger partial charge in [-0.1, -0.05) is 79.7 Å². The summed E-state index contributed by atoms with van der Waals surface area (Å²) in [5.41, 5.74) is 2.93. The van der Waals surface area contributed by atoms with Crippen molar-refractivity contribution in [2.24, 2.45) is 0 Å². The minimum atomic E-state index is -4.22.